The Bertz CT molecular complexity index is 812. The highest BCUT2D eigenvalue weighted by Crippen LogP contribution is 2.44. The van der Waals surface area contributed by atoms with Crippen LogP contribution in [0.15, 0.2) is 18.2 Å². The second kappa shape index (κ2) is 8.63. The fraction of sp³-hybridized carbons (Fsp3) is 0.636. The molecule has 4 rings (SSSR count). The van der Waals surface area contributed by atoms with Crippen LogP contribution in [0.25, 0.3) is 0 Å². The van der Waals surface area contributed by atoms with Gasteiger partial charge in [-0.3, -0.25) is 10.1 Å². The molecule has 2 saturated heterocycles. The van der Waals surface area contributed by atoms with E-state index < -0.39 is 6.09 Å². The molecule has 1 aromatic rings. The molecule has 1 saturated carbocycles. The first-order valence-electron chi connectivity index (χ1n) is 10.8. The lowest BCUT2D eigenvalue weighted by molar-refractivity contribution is -0.139. The topological polar surface area (TPSA) is 82.1 Å². The molecule has 1 aromatic carbocycles. The molecule has 8 heteroatoms. The number of nitrogens with one attached hydrogen (secondary N) is 1. The predicted molar refractivity (Wildman–Crippen MR) is 116 cm³/mol. The Kier molecular flexibility index (Phi) is 6.11. The summed E-state index contributed by atoms with van der Waals surface area (Å²) >= 11 is 6.53. The maximum Gasteiger partial charge on any atom is 0.411 e. The molecule has 7 nitrogen and oxygen atoms in total. The minimum Gasteiger partial charge on any atom is -0.453 e. The van der Waals surface area contributed by atoms with Crippen molar-refractivity contribution in [2.45, 2.75) is 57.1 Å². The van der Waals surface area contributed by atoms with Gasteiger partial charge in [-0.15, -0.1) is 0 Å². The standard InChI is InChI=1S/C22H30ClN3O4/c1-30-21(29)24-15-3-8-19(18(23)13-15)25-11-2-9-22(14-25)10-12-26(20(22)28)16-4-6-17(27)7-5-16/h3,8,13,16-17,27H,2,4-7,9-12,14H2,1H3,(H,24,29)/t16?,17?,22-/m1/s1. The van der Waals surface area contributed by atoms with Crippen molar-refractivity contribution >= 4 is 35.0 Å². The van der Waals surface area contributed by atoms with Crippen LogP contribution in [0.2, 0.25) is 5.02 Å². The Balaban J connectivity index is 1.47. The van der Waals surface area contributed by atoms with Gasteiger partial charge >= 0.3 is 6.09 Å². The molecule has 2 aliphatic heterocycles. The lowest BCUT2D eigenvalue weighted by Gasteiger charge is -2.41. The molecule has 0 radical (unpaired) electrons. The molecule has 164 valence electrons. The Labute approximate surface area is 182 Å². The number of ether oxygens (including phenoxy) is 1. The number of aliphatic hydroxyl groups excluding tert-OH is 1. The van der Waals surface area contributed by atoms with Gasteiger partial charge in [-0.25, -0.2) is 4.79 Å². The zero-order valence-corrected chi connectivity index (χ0v) is 18.2. The predicted octanol–water partition coefficient (Wildman–Crippen LogP) is 3.64. The molecule has 2 N–H and O–H groups in total. The number of amides is 2. The fourth-order valence-electron chi connectivity index (χ4n) is 5.29. The summed E-state index contributed by atoms with van der Waals surface area (Å²) in [6.45, 7) is 2.33. The van der Waals surface area contributed by atoms with E-state index in [9.17, 15) is 14.7 Å². The third-order valence-corrected chi connectivity index (χ3v) is 7.25. The lowest BCUT2D eigenvalue weighted by atomic mass is 9.78. The molecule has 3 fully saturated rings. The monoisotopic (exact) mass is 435 g/mol. The van der Waals surface area contributed by atoms with E-state index in [1.165, 1.54) is 7.11 Å². The molecule has 0 bridgehead atoms. The van der Waals surface area contributed by atoms with Gasteiger partial charge in [-0.2, -0.15) is 0 Å². The average molecular weight is 436 g/mol. The Hall–Kier alpha value is -1.99. The van der Waals surface area contributed by atoms with E-state index in [1.54, 1.807) is 12.1 Å². The maximum absolute atomic E-state index is 13.5. The van der Waals surface area contributed by atoms with Gasteiger partial charge in [0.2, 0.25) is 5.91 Å². The minimum atomic E-state index is -0.539. The number of hydrogen-bond acceptors (Lipinski definition) is 5. The SMILES string of the molecule is COC(=O)Nc1ccc(N2CCC[C@@]3(CCN(C4CCC(O)CC4)C3=O)C2)c(Cl)c1. The van der Waals surface area contributed by atoms with Crippen molar-refractivity contribution < 1.29 is 19.4 Å². The minimum absolute atomic E-state index is 0.211. The lowest BCUT2D eigenvalue weighted by Crippen LogP contribution is -2.50. The third kappa shape index (κ3) is 4.10. The fourth-order valence-corrected chi connectivity index (χ4v) is 5.59. The number of hydrogen-bond donors (Lipinski definition) is 2. The largest absolute Gasteiger partial charge is 0.453 e. The molecule has 2 heterocycles. The first-order chi connectivity index (χ1) is 14.4. The van der Waals surface area contributed by atoms with Crippen LogP contribution in [0.4, 0.5) is 16.2 Å². The first-order valence-corrected chi connectivity index (χ1v) is 11.2. The summed E-state index contributed by atoms with van der Waals surface area (Å²) in [7, 11) is 1.32. The highest BCUT2D eigenvalue weighted by Gasteiger charge is 2.50. The summed E-state index contributed by atoms with van der Waals surface area (Å²) in [5.74, 6) is 0.272. The Morgan fingerprint density at radius 2 is 2.00 bits per heavy atom. The van der Waals surface area contributed by atoms with Crippen molar-refractivity contribution in [3.05, 3.63) is 23.2 Å². The van der Waals surface area contributed by atoms with Crippen LogP contribution >= 0.6 is 11.6 Å². The molecule has 1 spiro atoms. The Morgan fingerprint density at radius 1 is 1.23 bits per heavy atom. The van der Waals surface area contributed by atoms with E-state index in [-0.39, 0.29) is 23.5 Å². The number of benzene rings is 1. The van der Waals surface area contributed by atoms with Crippen LogP contribution in [0.1, 0.15) is 44.9 Å². The third-order valence-electron chi connectivity index (χ3n) is 6.95. The van der Waals surface area contributed by atoms with Crippen LogP contribution in [-0.4, -0.2) is 60.9 Å². The van der Waals surface area contributed by atoms with Crippen LogP contribution in [-0.2, 0) is 9.53 Å². The van der Waals surface area contributed by atoms with Gasteiger partial charge < -0.3 is 19.6 Å². The van der Waals surface area contributed by atoms with Gasteiger partial charge in [0.05, 0.1) is 29.3 Å². The molecule has 1 aliphatic carbocycles. The summed E-state index contributed by atoms with van der Waals surface area (Å²) < 4.78 is 4.62. The zero-order chi connectivity index (χ0) is 21.3. The van der Waals surface area contributed by atoms with E-state index in [0.717, 1.165) is 63.7 Å². The van der Waals surface area contributed by atoms with Gasteiger partial charge in [-0.1, -0.05) is 11.6 Å². The van der Waals surface area contributed by atoms with Crippen LogP contribution in [0.5, 0.6) is 0 Å². The van der Waals surface area contributed by atoms with Crippen LogP contribution < -0.4 is 10.2 Å². The molecule has 30 heavy (non-hydrogen) atoms. The molecule has 2 amide bonds. The van der Waals surface area contributed by atoms with Crippen molar-refractivity contribution in [3.8, 4) is 0 Å². The van der Waals surface area contributed by atoms with Gasteiger partial charge in [-0.05, 0) is 63.1 Å². The Morgan fingerprint density at radius 3 is 2.70 bits per heavy atom. The van der Waals surface area contributed by atoms with Crippen LogP contribution in [0.3, 0.4) is 0 Å². The summed E-state index contributed by atoms with van der Waals surface area (Å²) in [6, 6.07) is 5.68. The van der Waals surface area contributed by atoms with Crippen molar-refractivity contribution in [2.24, 2.45) is 5.41 Å². The van der Waals surface area contributed by atoms with Gasteiger partial charge in [0.15, 0.2) is 0 Å². The molecule has 1 atom stereocenters. The number of likely N-dealkylation sites (tertiary alicyclic amines) is 1. The summed E-state index contributed by atoms with van der Waals surface area (Å²) in [5.41, 5.74) is 1.11. The summed E-state index contributed by atoms with van der Waals surface area (Å²) in [4.78, 5) is 29.2. The van der Waals surface area contributed by atoms with E-state index in [4.69, 9.17) is 11.6 Å². The maximum atomic E-state index is 13.5. The number of halogens is 1. The van der Waals surface area contributed by atoms with E-state index in [1.807, 2.05) is 6.07 Å². The van der Waals surface area contributed by atoms with Crippen molar-refractivity contribution in [1.82, 2.24) is 4.90 Å². The summed E-state index contributed by atoms with van der Waals surface area (Å²) in [6.07, 6.45) is 5.35. The van der Waals surface area contributed by atoms with Crippen molar-refractivity contribution in [3.63, 3.8) is 0 Å². The summed E-state index contributed by atoms with van der Waals surface area (Å²) in [5, 5.41) is 13.0. The highest BCUT2D eigenvalue weighted by molar-refractivity contribution is 6.33. The number of methoxy groups -OCH3 is 1. The van der Waals surface area contributed by atoms with E-state index in [0.29, 0.717) is 17.3 Å². The van der Waals surface area contributed by atoms with Gasteiger partial charge in [0, 0.05) is 31.4 Å². The first kappa shape index (κ1) is 21.2. The van der Waals surface area contributed by atoms with Crippen molar-refractivity contribution in [1.29, 1.82) is 0 Å². The number of nitrogens with zero attached hydrogens (tertiary/aromatic N) is 2. The van der Waals surface area contributed by atoms with E-state index >= 15 is 0 Å². The molecule has 0 unspecified atom stereocenters. The normalized spacial score (nSPS) is 29.4. The highest BCUT2D eigenvalue weighted by atomic mass is 35.5. The number of carbonyl (C=O) groups excluding carboxylic acids is 2. The number of anilines is 2. The number of carbonyl (C=O) groups is 2. The number of piperidine rings is 1. The molecular formula is C22H30ClN3O4. The number of rotatable bonds is 3. The quantitative estimate of drug-likeness (QED) is 0.757. The number of aliphatic hydroxyl groups is 1. The van der Waals surface area contributed by atoms with Gasteiger partial charge in [0.25, 0.3) is 0 Å². The smallest absolute Gasteiger partial charge is 0.411 e. The molecule has 3 aliphatic rings. The molecular weight excluding hydrogens is 406 g/mol. The zero-order valence-electron chi connectivity index (χ0n) is 17.4. The van der Waals surface area contributed by atoms with Crippen molar-refractivity contribution in [2.75, 3.05) is 37.0 Å². The van der Waals surface area contributed by atoms with Gasteiger partial charge in [0.1, 0.15) is 0 Å². The van der Waals surface area contributed by atoms with E-state index in [2.05, 4.69) is 19.9 Å². The second-order valence-electron chi connectivity index (χ2n) is 8.80. The second-order valence-corrected chi connectivity index (χ2v) is 9.21. The average Bonchev–Trinajstić information content (AvgIpc) is 3.04. The van der Waals surface area contributed by atoms with Crippen LogP contribution in [0, 0.1) is 5.41 Å². The molecule has 0 aromatic heterocycles.